The van der Waals surface area contributed by atoms with Crippen LogP contribution in [0.5, 0.6) is 5.75 Å². The average molecular weight is 394 g/mol. The number of hydrogen-bond donors (Lipinski definition) is 1. The molecule has 0 spiro atoms. The molecule has 136 valence electrons. The van der Waals surface area contributed by atoms with Crippen molar-refractivity contribution >= 4 is 29.1 Å². The molecule has 0 bridgehead atoms. The van der Waals surface area contributed by atoms with Crippen molar-refractivity contribution in [3.63, 3.8) is 0 Å². The van der Waals surface area contributed by atoms with Crippen LogP contribution in [0.15, 0.2) is 40.9 Å². The van der Waals surface area contributed by atoms with Gasteiger partial charge in [0.2, 0.25) is 0 Å². The highest BCUT2D eigenvalue weighted by Gasteiger charge is 2.13. The standard InChI is InChI=1S/C18H17Cl2N3O3/c1-11-12(9-23(2)22-11)8-21-18(24)17-6-4-14(26-17)10-25-16-5-3-13(19)7-15(16)20/h3-7,9H,8,10H2,1-2H3,(H,21,24). The van der Waals surface area contributed by atoms with Crippen LogP contribution in [0.4, 0.5) is 0 Å². The number of aryl methyl sites for hydroxylation is 2. The van der Waals surface area contributed by atoms with Crippen LogP contribution in [0.2, 0.25) is 10.0 Å². The lowest BCUT2D eigenvalue weighted by atomic mass is 10.2. The number of amides is 1. The van der Waals surface area contributed by atoms with Gasteiger partial charge in [-0.1, -0.05) is 23.2 Å². The quantitative estimate of drug-likeness (QED) is 0.683. The summed E-state index contributed by atoms with van der Waals surface area (Å²) in [5.74, 6) is 0.917. The third-order valence-corrected chi connectivity index (χ3v) is 4.23. The Kier molecular flexibility index (Phi) is 5.54. The van der Waals surface area contributed by atoms with Crippen LogP contribution in [-0.4, -0.2) is 15.7 Å². The Hall–Kier alpha value is -2.44. The molecule has 0 atom stereocenters. The molecule has 3 aromatic rings. The summed E-state index contributed by atoms with van der Waals surface area (Å²) in [6.45, 7) is 2.42. The molecule has 1 N–H and O–H groups in total. The Labute approximate surface area is 160 Å². The Balaban J connectivity index is 1.56. The van der Waals surface area contributed by atoms with Crippen LogP contribution in [-0.2, 0) is 20.2 Å². The average Bonchev–Trinajstić information content (AvgIpc) is 3.18. The molecule has 6 nitrogen and oxygen atoms in total. The van der Waals surface area contributed by atoms with Crippen molar-refractivity contribution in [3.8, 4) is 5.75 Å². The van der Waals surface area contributed by atoms with Crippen LogP contribution in [0.3, 0.4) is 0 Å². The maximum absolute atomic E-state index is 12.2. The summed E-state index contributed by atoms with van der Waals surface area (Å²) in [5, 5.41) is 7.99. The monoisotopic (exact) mass is 393 g/mol. The number of rotatable bonds is 6. The second kappa shape index (κ2) is 7.85. The summed E-state index contributed by atoms with van der Waals surface area (Å²) in [6.07, 6.45) is 1.87. The number of benzene rings is 1. The predicted molar refractivity (Wildman–Crippen MR) is 98.6 cm³/mol. The summed E-state index contributed by atoms with van der Waals surface area (Å²) >= 11 is 11.9. The first kappa shape index (κ1) is 18.4. The van der Waals surface area contributed by atoms with E-state index in [1.165, 1.54) is 0 Å². The van der Waals surface area contributed by atoms with Gasteiger partial charge in [-0.25, -0.2) is 0 Å². The Morgan fingerprint density at radius 1 is 1.31 bits per heavy atom. The van der Waals surface area contributed by atoms with Gasteiger partial charge in [-0.2, -0.15) is 5.10 Å². The molecule has 0 radical (unpaired) electrons. The maximum atomic E-state index is 12.2. The Morgan fingerprint density at radius 3 is 2.81 bits per heavy atom. The van der Waals surface area contributed by atoms with Gasteiger partial charge < -0.3 is 14.5 Å². The van der Waals surface area contributed by atoms with Crippen LogP contribution >= 0.6 is 23.2 Å². The molecule has 0 aliphatic rings. The van der Waals surface area contributed by atoms with Crippen LogP contribution in [0.25, 0.3) is 0 Å². The second-order valence-corrected chi connectivity index (χ2v) is 6.57. The molecule has 1 amide bonds. The van der Waals surface area contributed by atoms with Gasteiger partial charge in [-0.15, -0.1) is 0 Å². The van der Waals surface area contributed by atoms with Crippen molar-refractivity contribution in [3.05, 3.63) is 69.4 Å². The van der Waals surface area contributed by atoms with Crippen molar-refractivity contribution in [2.45, 2.75) is 20.1 Å². The first-order valence-corrected chi connectivity index (χ1v) is 8.62. The largest absolute Gasteiger partial charge is 0.484 e. The smallest absolute Gasteiger partial charge is 0.287 e. The summed E-state index contributed by atoms with van der Waals surface area (Å²) in [7, 11) is 1.84. The lowest BCUT2D eigenvalue weighted by molar-refractivity contribution is 0.0919. The maximum Gasteiger partial charge on any atom is 0.287 e. The van der Waals surface area contributed by atoms with Gasteiger partial charge in [0.25, 0.3) is 5.91 Å². The number of carbonyl (C=O) groups excluding carboxylic acids is 1. The summed E-state index contributed by atoms with van der Waals surface area (Å²) in [6, 6.07) is 8.25. The molecule has 0 fully saturated rings. The van der Waals surface area contributed by atoms with Crippen molar-refractivity contribution < 1.29 is 13.9 Å². The van der Waals surface area contributed by atoms with Gasteiger partial charge in [0, 0.05) is 30.4 Å². The van der Waals surface area contributed by atoms with Crippen LogP contribution in [0.1, 0.15) is 27.6 Å². The van der Waals surface area contributed by atoms with Crippen molar-refractivity contribution in [2.75, 3.05) is 0 Å². The topological polar surface area (TPSA) is 69.3 Å². The number of nitrogens with one attached hydrogen (secondary N) is 1. The molecule has 3 rings (SSSR count). The van der Waals surface area contributed by atoms with Gasteiger partial charge in [-0.3, -0.25) is 9.48 Å². The van der Waals surface area contributed by atoms with E-state index in [2.05, 4.69) is 10.4 Å². The number of nitrogens with zero attached hydrogens (tertiary/aromatic N) is 2. The van der Waals surface area contributed by atoms with E-state index in [0.29, 0.717) is 28.1 Å². The minimum absolute atomic E-state index is 0.149. The Bertz CT molecular complexity index is 934. The van der Waals surface area contributed by atoms with Crippen molar-refractivity contribution in [1.29, 1.82) is 0 Å². The number of aromatic nitrogens is 2. The summed E-state index contributed by atoms with van der Waals surface area (Å²) in [4.78, 5) is 12.2. The minimum atomic E-state index is -0.302. The number of halogens is 2. The fourth-order valence-electron chi connectivity index (χ4n) is 2.40. The zero-order valence-corrected chi connectivity index (χ0v) is 15.8. The molecule has 8 heteroatoms. The molecule has 0 unspecified atom stereocenters. The Morgan fingerprint density at radius 2 is 2.12 bits per heavy atom. The van der Waals surface area contributed by atoms with E-state index in [1.54, 1.807) is 35.0 Å². The normalized spacial score (nSPS) is 10.8. The van der Waals surface area contributed by atoms with E-state index in [-0.39, 0.29) is 18.3 Å². The van der Waals surface area contributed by atoms with Crippen molar-refractivity contribution in [2.24, 2.45) is 7.05 Å². The van der Waals surface area contributed by atoms with Gasteiger partial charge in [0.15, 0.2) is 5.76 Å². The molecule has 2 heterocycles. The zero-order valence-electron chi connectivity index (χ0n) is 14.3. The first-order valence-electron chi connectivity index (χ1n) is 7.86. The van der Waals surface area contributed by atoms with E-state index < -0.39 is 0 Å². The fraction of sp³-hybridized carbons (Fsp3) is 0.222. The highest BCUT2D eigenvalue weighted by atomic mass is 35.5. The fourth-order valence-corrected chi connectivity index (χ4v) is 2.87. The number of furan rings is 1. The van der Waals surface area contributed by atoms with Crippen molar-refractivity contribution in [1.82, 2.24) is 15.1 Å². The summed E-state index contributed by atoms with van der Waals surface area (Å²) < 4.78 is 12.8. The molecule has 0 aliphatic heterocycles. The number of ether oxygens (including phenoxy) is 1. The molecular weight excluding hydrogens is 377 g/mol. The lowest BCUT2D eigenvalue weighted by Crippen LogP contribution is -2.22. The SMILES string of the molecule is Cc1nn(C)cc1CNC(=O)c1ccc(COc2ccc(Cl)cc2Cl)o1. The number of carbonyl (C=O) groups is 1. The number of hydrogen-bond acceptors (Lipinski definition) is 4. The lowest BCUT2D eigenvalue weighted by Gasteiger charge is -2.06. The van der Waals surface area contributed by atoms with Crippen LogP contribution in [0, 0.1) is 6.92 Å². The minimum Gasteiger partial charge on any atom is -0.484 e. The van der Waals surface area contributed by atoms with Gasteiger partial charge in [0.05, 0.1) is 10.7 Å². The van der Waals surface area contributed by atoms with E-state index in [9.17, 15) is 4.79 Å². The third kappa shape index (κ3) is 4.39. The molecule has 2 aromatic heterocycles. The predicted octanol–water partition coefficient (Wildman–Crippen LogP) is 4.14. The highest BCUT2D eigenvalue weighted by molar-refractivity contribution is 6.35. The molecule has 1 aromatic carbocycles. The van der Waals surface area contributed by atoms with Gasteiger partial charge in [0.1, 0.15) is 18.1 Å². The summed E-state index contributed by atoms with van der Waals surface area (Å²) in [5.41, 5.74) is 1.83. The molecule has 26 heavy (non-hydrogen) atoms. The van der Waals surface area contributed by atoms with E-state index in [0.717, 1.165) is 11.3 Å². The first-order chi connectivity index (χ1) is 12.4. The van der Waals surface area contributed by atoms with Gasteiger partial charge in [-0.05, 0) is 37.3 Å². The molecule has 0 saturated carbocycles. The second-order valence-electron chi connectivity index (χ2n) is 5.73. The van der Waals surface area contributed by atoms with Gasteiger partial charge >= 0.3 is 0 Å². The highest BCUT2D eigenvalue weighted by Crippen LogP contribution is 2.28. The third-order valence-electron chi connectivity index (χ3n) is 3.70. The van der Waals surface area contributed by atoms with E-state index >= 15 is 0 Å². The molecular formula is C18H17Cl2N3O3. The molecule has 0 saturated heterocycles. The zero-order chi connectivity index (χ0) is 18.7. The molecule has 0 aliphatic carbocycles. The van der Waals surface area contributed by atoms with E-state index in [1.807, 2.05) is 20.2 Å². The van der Waals surface area contributed by atoms with Crippen LogP contribution < -0.4 is 10.1 Å². The van der Waals surface area contributed by atoms with E-state index in [4.69, 9.17) is 32.4 Å².